The highest BCUT2D eigenvalue weighted by molar-refractivity contribution is 6.31. The monoisotopic (exact) mass is 261 g/mol. The van der Waals surface area contributed by atoms with E-state index in [0.717, 1.165) is 35.5 Å². The molecule has 0 bridgehead atoms. The fourth-order valence-electron chi connectivity index (χ4n) is 2.24. The van der Waals surface area contributed by atoms with Gasteiger partial charge < -0.3 is 9.67 Å². The number of hydrogen-bond donors (Lipinski definition) is 1. The smallest absolute Gasteiger partial charge is 0.0832 e. The van der Waals surface area contributed by atoms with Gasteiger partial charge in [0.25, 0.3) is 0 Å². The molecule has 3 rings (SSSR count). The van der Waals surface area contributed by atoms with Crippen molar-refractivity contribution in [1.82, 2.24) is 4.57 Å². The third-order valence-electron chi connectivity index (χ3n) is 3.49. The van der Waals surface area contributed by atoms with E-state index in [-0.39, 0.29) is 6.10 Å². The molecule has 1 unspecified atom stereocenters. The molecule has 1 aromatic heterocycles. The lowest BCUT2D eigenvalue weighted by Crippen LogP contribution is -2.00. The SMILES string of the molecule is OC(c1ccn(Cc2ccccc2Cl)c1)C1CC1. The third kappa shape index (κ3) is 2.45. The number of hydrogen-bond acceptors (Lipinski definition) is 1. The van der Waals surface area contributed by atoms with Gasteiger partial charge in [0, 0.05) is 24.0 Å². The zero-order valence-corrected chi connectivity index (χ0v) is 10.8. The van der Waals surface area contributed by atoms with Crippen molar-refractivity contribution in [1.29, 1.82) is 0 Å². The molecule has 1 N–H and O–H groups in total. The van der Waals surface area contributed by atoms with Crippen LogP contribution in [0.25, 0.3) is 0 Å². The first-order valence-electron chi connectivity index (χ1n) is 6.31. The molecule has 1 fully saturated rings. The zero-order chi connectivity index (χ0) is 12.5. The molecule has 0 spiro atoms. The van der Waals surface area contributed by atoms with Crippen LogP contribution >= 0.6 is 11.6 Å². The van der Waals surface area contributed by atoms with Gasteiger partial charge in [-0.25, -0.2) is 0 Å². The summed E-state index contributed by atoms with van der Waals surface area (Å²) in [7, 11) is 0. The van der Waals surface area contributed by atoms with Crippen molar-refractivity contribution < 1.29 is 5.11 Å². The van der Waals surface area contributed by atoms with Gasteiger partial charge in [0.05, 0.1) is 6.10 Å². The molecule has 1 saturated carbocycles. The van der Waals surface area contributed by atoms with Gasteiger partial charge in [-0.15, -0.1) is 0 Å². The highest BCUT2D eigenvalue weighted by Crippen LogP contribution is 2.40. The molecular weight excluding hydrogens is 246 g/mol. The molecule has 94 valence electrons. The summed E-state index contributed by atoms with van der Waals surface area (Å²) in [6.45, 7) is 0.747. The summed E-state index contributed by atoms with van der Waals surface area (Å²) >= 11 is 6.14. The largest absolute Gasteiger partial charge is 0.388 e. The quantitative estimate of drug-likeness (QED) is 0.893. The van der Waals surface area contributed by atoms with E-state index in [0.29, 0.717) is 5.92 Å². The second kappa shape index (κ2) is 4.79. The molecule has 1 atom stereocenters. The normalized spacial score (nSPS) is 16.8. The van der Waals surface area contributed by atoms with E-state index in [9.17, 15) is 5.11 Å². The average Bonchev–Trinajstić information content (AvgIpc) is 3.12. The lowest BCUT2D eigenvalue weighted by atomic mass is 10.1. The first kappa shape index (κ1) is 11.8. The summed E-state index contributed by atoms with van der Waals surface area (Å²) in [6.07, 6.45) is 6.03. The number of aliphatic hydroxyl groups is 1. The van der Waals surface area contributed by atoms with Gasteiger partial charge >= 0.3 is 0 Å². The van der Waals surface area contributed by atoms with Crippen LogP contribution in [0.4, 0.5) is 0 Å². The van der Waals surface area contributed by atoms with Crippen molar-refractivity contribution in [3.63, 3.8) is 0 Å². The Kier molecular flexibility index (Phi) is 3.14. The van der Waals surface area contributed by atoms with Gasteiger partial charge in [-0.2, -0.15) is 0 Å². The molecule has 2 nitrogen and oxygen atoms in total. The van der Waals surface area contributed by atoms with E-state index in [1.54, 1.807) is 0 Å². The van der Waals surface area contributed by atoms with Crippen LogP contribution in [0.3, 0.4) is 0 Å². The minimum absolute atomic E-state index is 0.294. The molecule has 0 saturated heterocycles. The highest BCUT2D eigenvalue weighted by Gasteiger charge is 2.31. The van der Waals surface area contributed by atoms with Gasteiger partial charge in [0.1, 0.15) is 0 Å². The maximum absolute atomic E-state index is 10.1. The van der Waals surface area contributed by atoms with Crippen LogP contribution in [-0.2, 0) is 6.54 Å². The Bertz CT molecular complexity index is 545. The van der Waals surface area contributed by atoms with Crippen molar-refractivity contribution in [2.45, 2.75) is 25.5 Å². The number of aliphatic hydroxyl groups excluding tert-OH is 1. The first-order valence-corrected chi connectivity index (χ1v) is 6.69. The standard InChI is InChI=1S/C15H16ClNO/c16-14-4-2-1-3-12(14)9-17-8-7-13(10-17)15(18)11-5-6-11/h1-4,7-8,10-11,15,18H,5-6,9H2. The van der Waals surface area contributed by atoms with Crippen molar-refractivity contribution in [3.05, 3.63) is 58.9 Å². The summed E-state index contributed by atoms with van der Waals surface area (Å²) < 4.78 is 2.07. The van der Waals surface area contributed by atoms with Crippen LogP contribution in [0.1, 0.15) is 30.1 Å². The summed E-state index contributed by atoms with van der Waals surface area (Å²) in [5.41, 5.74) is 2.12. The molecule has 1 heterocycles. The van der Waals surface area contributed by atoms with Crippen LogP contribution in [0.15, 0.2) is 42.7 Å². The topological polar surface area (TPSA) is 25.2 Å². The van der Waals surface area contributed by atoms with E-state index < -0.39 is 0 Å². The molecule has 2 aromatic rings. The molecule has 1 aliphatic rings. The summed E-state index contributed by atoms with van der Waals surface area (Å²) in [4.78, 5) is 0. The number of halogens is 1. The summed E-state index contributed by atoms with van der Waals surface area (Å²) in [5.74, 6) is 0.473. The van der Waals surface area contributed by atoms with E-state index in [1.807, 2.05) is 42.7 Å². The molecule has 0 aliphatic heterocycles. The van der Waals surface area contributed by atoms with Gasteiger partial charge in [0.2, 0.25) is 0 Å². The summed E-state index contributed by atoms with van der Waals surface area (Å²) in [5, 5.41) is 10.8. The molecule has 1 aliphatic carbocycles. The number of benzene rings is 1. The van der Waals surface area contributed by atoms with Crippen LogP contribution in [0.2, 0.25) is 5.02 Å². The predicted molar refractivity (Wildman–Crippen MR) is 72.7 cm³/mol. The van der Waals surface area contributed by atoms with Crippen molar-refractivity contribution in [3.8, 4) is 0 Å². The van der Waals surface area contributed by atoms with Crippen LogP contribution in [0, 0.1) is 5.92 Å². The van der Waals surface area contributed by atoms with E-state index >= 15 is 0 Å². The Labute approximate surface area is 112 Å². The van der Waals surface area contributed by atoms with Gasteiger partial charge in [-0.05, 0) is 42.0 Å². The van der Waals surface area contributed by atoms with Crippen molar-refractivity contribution in [2.24, 2.45) is 5.92 Å². The van der Waals surface area contributed by atoms with Crippen LogP contribution in [-0.4, -0.2) is 9.67 Å². The molecule has 18 heavy (non-hydrogen) atoms. The van der Waals surface area contributed by atoms with Crippen molar-refractivity contribution >= 4 is 11.6 Å². The van der Waals surface area contributed by atoms with Crippen LogP contribution < -0.4 is 0 Å². The fourth-order valence-corrected chi connectivity index (χ4v) is 2.44. The molecule has 0 amide bonds. The van der Waals surface area contributed by atoms with Crippen molar-refractivity contribution in [2.75, 3.05) is 0 Å². The Morgan fingerprint density at radius 2 is 2.06 bits per heavy atom. The maximum atomic E-state index is 10.1. The van der Waals surface area contributed by atoms with Crippen LogP contribution in [0.5, 0.6) is 0 Å². The number of nitrogens with zero attached hydrogens (tertiary/aromatic N) is 1. The zero-order valence-electron chi connectivity index (χ0n) is 10.1. The average molecular weight is 262 g/mol. The third-order valence-corrected chi connectivity index (χ3v) is 3.86. The Morgan fingerprint density at radius 3 is 2.78 bits per heavy atom. The minimum Gasteiger partial charge on any atom is -0.388 e. The minimum atomic E-state index is -0.294. The molecule has 0 radical (unpaired) electrons. The molecule has 1 aromatic carbocycles. The predicted octanol–water partition coefficient (Wildman–Crippen LogP) is 3.63. The van der Waals surface area contributed by atoms with E-state index in [1.165, 1.54) is 0 Å². The Hall–Kier alpha value is -1.25. The number of rotatable bonds is 4. The lowest BCUT2D eigenvalue weighted by Gasteiger charge is -2.07. The lowest BCUT2D eigenvalue weighted by molar-refractivity contribution is 0.154. The second-order valence-corrected chi connectivity index (χ2v) is 5.40. The van der Waals surface area contributed by atoms with E-state index in [4.69, 9.17) is 11.6 Å². The van der Waals surface area contributed by atoms with E-state index in [2.05, 4.69) is 4.57 Å². The van der Waals surface area contributed by atoms with Gasteiger partial charge in [-0.1, -0.05) is 29.8 Å². The van der Waals surface area contributed by atoms with Gasteiger partial charge in [-0.3, -0.25) is 0 Å². The van der Waals surface area contributed by atoms with Gasteiger partial charge in [0.15, 0.2) is 0 Å². The fraction of sp³-hybridized carbons (Fsp3) is 0.333. The maximum Gasteiger partial charge on any atom is 0.0832 e. The molecule has 3 heteroatoms. The highest BCUT2D eigenvalue weighted by atomic mass is 35.5. The Morgan fingerprint density at radius 1 is 1.28 bits per heavy atom. The second-order valence-electron chi connectivity index (χ2n) is 4.99. The Balaban J connectivity index is 1.75. The number of aromatic nitrogens is 1. The first-order chi connectivity index (χ1) is 8.74. The molecular formula is C15H16ClNO. The summed E-state index contributed by atoms with van der Waals surface area (Å²) in [6, 6.07) is 9.86.